The second kappa shape index (κ2) is 7.14. The predicted octanol–water partition coefficient (Wildman–Crippen LogP) is 0.404. The molecule has 0 amide bonds. The van der Waals surface area contributed by atoms with E-state index in [4.69, 9.17) is 0 Å². The molecule has 0 saturated heterocycles. The van der Waals surface area contributed by atoms with Crippen LogP contribution in [0, 0.1) is 0 Å². The van der Waals surface area contributed by atoms with Crippen LogP contribution in [0.4, 0.5) is 5.82 Å². The van der Waals surface area contributed by atoms with E-state index in [2.05, 4.69) is 25.3 Å². The maximum absolute atomic E-state index is 11.4. The molecule has 2 heterocycles. The van der Waals surface area contributed by atoms with Gasteiger partial charge < -0.3 is 5.32 Å². The Bertz CT molecular complexity index is 639. The normalized spacial score (nSPS) is 11.5. The van der Waals surface area contributed by atoms with Crippen LogP contribution in [0.2, 0.25) is 0 Å². The lowest BCUT2D eigenvalue weighted by Crippen LogP contribution is -2.30. The molecule has 0 unspecified atom stereocenters. The molecule has 0 radical (unpaired) electrons. The first-order valence-electron chi connectivity index (χ1n) is 6.65. The lowest BCUT2D eigenvalue weighted by Gasteiger charge is -2.07. The van der Waals surface area contributed by atoms with Crippen LogP contribution < -0.4 is 10.0 Å². The number of hydrogen-bond donors (Lipinski definition) is 2. The highest BCUT2D eigenvalue weighted by Gasteiger charge is 2.07. The van der Waals surface area contributed by atoms with E-state index in [1.54, 1.807) is 35.3 Å². The van der Waals surface area contributed by atoms with Gasteiger partial charge in [-0.15, -0.1) is 10.2 Å². The maximum Gasteiger partial charge on any atom is 0.211 e. The summed E-state index contributed by atoms with van der Waals surface area (Å²) in [6, 6.07) is 5.35. The number of nitrogens with zero attached hydrogens (tertiary/aromatic N) is 4. The van der Waals surface area contributed by atoms with Crippen molar-refractivity contribution in [3.05, 3.63) is 30.6 Å². The Labute approximate surface area is 123 Å². The number of anilines is 1. The van der Waals surface area contributed by atoms with Gasteiger partial charge in [-0.25, -0.2) is 17.8 Å². The maximum atomic E-state index is 11.4. The van der Waals surface area contributed by atoms with Crippen molar-refractivity contribution >= 4 is 15.8 Å². The minimum absolute atomic E-state index is 0.144. The third-order valence-corrected chi connectivity index (χ3v) is 4.21. The van der Waals surface area contributed by atoms with Crippen molar-refractivity contribution in [3.8, 4) is 5.82 Å². The van der Waals surface area contributed by atoms with Gasteiger partial charge in [-0.3, -0.25) is 0 Å². The van der Waals surface area contributed by atoms with Crippen molar-refractivity contribution in [2.75, 3.05) is 24.2 Å². The van der Waals surface area contributed by atoms with Gasteiger partial charge in [0.15, 0.2) is 5.82 Å². The number of nitrogens with one attached hydrogen (secondary N) is 2. The Kier molecular flexibility index (Phi) is 5.23. The van der Waals surface area contributed by atoms with E-state index in [0.29, 0.717) is 31.1 Å². The highest BCUT2D eigenvalue weighted by Crippen LogP contribution is 2.04. The molecule has 0 spiro atoms. The first kappa shape index (κ1) is 15.4. The number of rotatable bonds is 8. The summed E-state index contributed by atoms with van der Waals surface area (Å²) in [5.41, 5.74) is 0. The molecule has 9 heteroatoms. The fraction of sp³-hybridized carbons (Fsp3) is 0.417. The van der Waals surface area contributed by atoms with Gasteiger partial charge in [0, 0.05) is 25.5 Å². The average Bonchev–Trinajstić information content (AvgIpc) is 2.98. The minimum atomic E-state index is -3.16. The summed E-state index contributed by atoms with van der Waals surface area (Å²) in [5.74, 6) is 1.35. The molecule has 0 aliphatic rings. The molecular formula is C12H18N6O2S. The summed E-state index contributed by atoms with van der Waals surface area (Å²) in [6.45, 7) is 2.58. The molecule has 0 atom stereocenters. The van der Waals surface area contributed by atoms with Gasteiger partial charge in [0.1, 0.15) is 5.82 Å². The highest BCUT2D eigenvalue weighted by atomic mass is 32.2. The molecule has 2 rings (SSSR count). The van der Waals surface area contributed by atoms with E-state index >= 15 is 0 Å². The molecule has 8 nitrogen and oxygen atoms in total. The monoisotopic (exact) mass is 310 g/mol. The van der Waals surface area contributed by atoms with Gasteiger partial charge in [0.05, 0.1) is 5.75 Å². The van der Waals surface area contributed by atoms with Crippen LogP contribution in [0.1, 0.15) is 13.3 Å². The zero-order valence-electron chi connectivity index (χ0n) is 11.7. The summed E-state index contributed by atoms with van der Waals surface area (Å²) in [5, 5.41) is 15.1. The highest BCUT2D eigenvalue weighted by molar-refractivity contribution is 7.89. The number of aromatic nitrogens is 4. The lowest BCUT2D eigenvalue weighted by atomic mass is 10.5. The van der Waals surface area contributed by atoms with Gasteiger partial charge in [-0.2, -0.15) is 5.10 Å². The minimum Gasteiger partial charge on any atom is -0.367 e. The Balaban J connectivity index is 1.79. The lowest BCUT2D eigenvalue weighted by molar-refractivity contribution is 0.581. The largest absolute Gasteiger partial charge is 0.367 e. The molecule has 2 aromatic heterocycles. The van der Waals surface area contributed by atoms with Crippen molar-refractivity contribution in [1.29, 1.82) is 0 Å². The van der Waals surface area contributed by atoms with Crippen LogP contribution in [-0.4, -0.2) is 47.2 Å². The van der Waals surface area contributed by atoms with Crippen LogP contribution in [0.3, 0.4) is 0 Å². The molecule has 0 bridgehead atoms. The van der Waals surface area contributed by atoms with Crippen molar-refractivity contribution < 1.29 is 8.42 Å². The summed E-state index contributed by atoms with van der Waals surface area (Å²) in [4.78, 5) is 0. The molecule has 0 aromatic carbocycles. The first-order chi connectivity index (χ1) is 10.1. The van der Waals surface area contributed by atoms with E-state index in [1.807, 2.05) is 6.92 Å². The molecular weight excluding hydrogens is 292 g/mol. The number of hydrogen-bond acceptors (Lipinski definition) is 6. The van der Waals surface area contributed by atoms with Gasteiger partial charge >= 0.3 is 0 Å². The van der Waals surface area contributed by atoms with Gasteiger partial charge in [-0.1, -0.05) is 6.92 Å². The van der Waals surface area contributed by atoms with Gasteiger partial charge in [0.25, 0.3) is 0 Å². The second-order valence-electron chi connectivity index (χ2n) is 4.37. The van der Waals surface area contributed by atoms with Crippen molar-refractivity contribution in [3.63, 3.8) is 0 Å². The molecule has 2 aromatic rings. The van der Waals surface area contributed by atoms with E-state index in [0.717, 1.165) is 0 Å². The molecule has 0 aliphatic carbocycles. The first-order valence-corrected chi connectivity index (χ1v) is 8.31. The smallest absolute Gasteiger partial charge is 0.211 e. The van der Waals surface area contributed by atoms with Crippen LogP contribution in [0.25, 0.3) is 5.82 Å². The van der Waals surface area contributed by atoms with Crippen molar-refractivity contribution in [2.24, 2.45) is 0 Å². The van der Waals surface area contributed by atoms with E-state index < -0.39 is 10.0 Å². The molecule has 0 fully saturated rings. The zero-order chi connectivity index (χ0) is 15.1. The second-order valence-corrected chi connectivity index (χ2v) is 6.29. The average molecular weight is 310 g/mol. The van der Waals surface area contributed by atoms with E-state index in [-0.39, 0.29) is 5.75 Å². The van der Waals surface area contributed by atoms with Crippen LogP contribution >= 0.6 is 0 Å². The Morgan fingerprint density at radius 2 is 2.10 bits per heavy atom. The SMILES string of the molecule is CCCS(=O)(=O)NCCNc1ccc(-n2cccn2)nn1. The Morgan fingerprint density at radius 3 is 2.71 bits per heavy atom. The number of sulfonamides is 1. The third-order valence-electron chi connectivity index (χ3n) is 2.62. The Hall–Kier alpha value is -2.00. The van der Waals surface area contributed by atoms with Gasteiger partial charge in [-0.05, 0) is 24.6 Å². The molecule has 2 N–H and O–H groups in total. The molecule has 0 aliphatic heterocycles. The van der Waals surface area contributed by atoms with Crippen LogP contribution in [0.5, 0.6) is 0 Å². The zero-order valence-corrected chi connectivity index (χ0v) is 12.5. The van der Waals surface area contributed by atoms with Crippen molar-refractivity contribution in [2.45, 2.75) is 13.3 Å². The predicted molar refractivity (Wildman–Crippen MR) is 79.7 cm³/mol. The Morgan fingerprint density at radius 1 is 1.24 bits per heavy atom. The van der Waals surface area contributed by atoms with Crippen LogP contribution in [0.15, 0.2) is 30.6 Å². The topological polar surface area (TPSA) is 102 Å². The fourth-order valence-corrected chi connectivity index (χ4v) is 2.78. The van der Waals surface area contributed by atoms with Gasteiger partial charge in [0.2, 0.25) is 10.0 Å². The third kappa shape index (κ3) is 4.80. The van der Waals surface area contributed by atoms with E-state index in [1.165, 1.54) is 0 Å². The van der Waals surface area contributed by atoms with E-state index in [9.17, 15) is 8.42 Å². The summed E-state index contributed by atoms with van der Waals surface area (Å²) < 4.78 is 27.0. The summed E-state index contributed by atoms with van der Waals surface area (Å²) in [6.07, 6.45) is 4.04. The summed E-state index contributed by atoms with van der Waals surface area (Å²) in [7, 11) is -3.16. The molecule has 21 heavy (non-hydrogen) atoms. The molecule has 114 valence electrons. The fourth-order valence-electron chi connectivity index (χ4n) is 1.68. The molecule has 0 saturated carbocycles. The standard InChI is InChI=1S/C12H18N6O2S/c1-2-10-21(19,20)15-8-7-13-11-4-5-12(17-16-11)18-9-3-6-14-18/h3-6,9,15H,2,7-8,10H2,1H3,(H,13,16). The summed E-state index contributed by atoms with van der Waals surface area (Å²) >= 11 is 0. The quantitative estimate of drug-likeness (QED) is 0.685. The van der Waals surface area contributed by atoms with Crippen molar-refractivity contribution in [1.82, 2.24) is 24.7 Å². The van der Waals surface area contributed by atoms with Crippen LogP contribution in [-0.2, 0) is 10.0 Å².